The summed E-state index contributed by atoms with van der Waals surface area (Å²) in [7, 11) is 0. The van der Waals surface area contributed by atoms with E-state index in [1.807, 2.05) is 0 Å². The summed E-state index contributed by atoms with van der Waals surface area (Å²) in [4.78, 5) is 3.51. The summed E-state index contributed by atoms with van der Waals surface area (Å²) < 4.78 is 1.17. The van der Waals surface area contributed by atoms with Crippen molar-refractivity contribution in [3.05, 3.63) is 40.5 Å². The van der Waals surface area contributed by atoms with Crippen LogP contribution in [0.4, 0.5) is 0 Å². The zero-order valence-electron chi connectivity index (χ0n) is 9.09. The number of hydrogen-bond donors (Lipinski definition) is 1. The molecule has 1 aromatic carbocycles. The lowest BCUT2D eigenvalue weighted by molar-refractivity contribution is 0.740. The fraction of sp³-hybridized carbons (Fsp3) is 0.286. The highest BCUT2D eigenvalue weighted by Gasteiger charge is 2.09. The van der Waals surface area contributed by atoms with Gasteiger partial charge in [-0.05, 0) is 49.5 Å². The maximum atomic E-state index is 3.59. The van der Waals surface area contributed by atoms with Crippen molar-refractivity contribution in [1.29, 1.82) is 0 Å². The van der Waals surface area contributed by atoms with Crippen molar-refractivity contribution in [1.82, 2.24) is 4.98 Å². The lowest BCUT2D eigenvalue weighted by atomic mass is 9.97. The molecule has 0 aliphatic heterocycles. The topological polar surface area (TPSA) is 15.8 Å². The first-order valence-corrected chi connectivity index (χ1v) is 6.60. The summed E-state index contributed by atoms with van der Waals surface area (Å²) in [5, 5.41) is 1.28. The predicted octanol–water partition coefficient (Wildman–Crippen LogP) is 4.89. The number of benzene rings is 1. The molecular weight excluding hydrogens is 262 g/mol. The molecule has 82 valence electrons. The monoisotopic (exact) mass is 275 g/mol. The Morgan fingerprint density at radius 2 is 2.12 bits per heavy atom. The Balaban J connectivity index is 2.11. The van der Waals surface area contributed by atoms with Crippen LogP contribution < -0.4 is 0 Å². The molecule has 16 heavy (non-hydrogen) atoms. The minimum absolute atomic E-state index is 1.17. The van der Waals surface area contributed by atoms with Crippen LogP contribution in [-0.4, -0.2) is 4.98 Å². The fourth-order valence-electron chi connectivity index (χ4n) is 2.37. The van der Waals surface area contributed by atoms with Crippen molar-refractivity contribution in [2.45, 2.75) is 25.7 Å². The molecule has 0 bridgehead atoms. The quantitative estimate of drug-likeness (QED) is 0.763. The minimum Gasteiger partial charge on any atom is -0.355 e. The van der Waals surface area contributed by atoms with Gasteiger partial charge in [-0.2, -0.15) is 0 Å². The zero-order valence-corrected chi connectivity index (χ0v) is 10.7. The van der Waals surface area contributed by atoms with E-state index in [-0.39, 0.29) is 0 Å². The number of fused-ring (bicyclic) bond motifs is 1. The van der Waals surface area contributed by atoms with Gasteiger partial charge in [-0.1, -0.05) is 28.1 Å². The summed E-state index contributed by atoms with van der Waals surface area (Å²) in [6.45, 7) is 0. The third-order valence-electron chi connectivity index (χ3n) is 3.25. The number of allylic oxidation sites excluding steroid dienone is 2. The van der Waals surface area contributed by atoms with Gasteiger partial charge >= 0.3 is 0 Å². The molecule has 0 radical (unpaired) electrons. The Kier molecular flexibility index (Phi) is 2.60. The van der Waals surface area contributed by atoms with Crippen molar-refractivity contribution in [3.8, 4) is 0 Å². The number of aromatic amines is 1. The lowest BCUT2D eigenvalue weighted by Crippen LogP contribution is -1.91. The van der Waals surface area contributed by atoms with Crippen molar-refractivity contribution < 1.29 is 0 Å². The van der Waals surface area contributed by atoms with Crippen LogP contribution in [0, 0.1) is 0 Å². The second-order valence-electron chi connectivity index (χ2n) is 4.36. The van der Waals surface area contributed by atoms with E-state index in [0.717, 1.165) is 0 Å². The molecule has 1 aliphatic carbocycles. The molecule has 1 aromatic heterocycles. The third-order valence-corrected chi connectivity index (χ3v) is 3.94. The molecule has 0 amide bonds. The maximum absolute atomic E-state index is 3.59. The second kappa shape index (κ2) is 4.10. The number of H-pyrrole nitrogens is 1. The highest BCUT2D eigenvalue weighted by molar-refractivity contribution is 9.10. The summed E-state index contributed by atoms with van der Waals surface area (Å²) in [6, 6.07) is 8.56. The number of rotatable bonds is 1. The van der Waals surface area contributed by atoms with E-state index in [4.69, 9.17) is 0 Å². The van der Waals surface area contributed by atoms with Gasteiger partial charge in [0.25, 0.3) is 0 Å². The maximum Gasteiger partial charge on any atom is 0.0470 e. The van der Waals surface area contributed by atoms with Crippen molar-refractivity contribution >= 4 is 32.4 Å². The summed E-state index contributed by atoms with van der Waals surface area (Å²) in [6.07, 6.45) is 7.48. The van der Waals surface area contributed by atoms with Crippen LogP contribution in [0.1, 0.15) is 31.4 Å². The predicted molar refractivity (Wildman–Crippen MR) is 72.4 cm³/mol. The Hall–Kier alpha value is -1.02. The van der Waals surface area contributed by atoms with Gasteiger partial charge < -0.3 is 4.98 Å². The summed E-state index contributed by atoms with van der Waals surface area (Å²) in [5.74, 6) is 0. The summed E-state index contributed by atoms with van der Waals surface area (Å²) in [5.41, 5.74) is 3.99. The molecular formula is C14H14BrN. The number of aromatic nitrogens is 1. The Morgan fingerprint density at radius 1 is 1.19 bits per heavy atom. The van der Waals surface area contributed by atoms with E-state index in [9.17, 15) is 0 Å². The van der Waals surface area contributed by atoms with E-state index in [0.29, 0.717) is 0 Å². The number of hydrogen-bond acceptors (Lipinski definition) is 0. The molecule has 1 nitrogen and oxygen atoms in total. The first-order chi connectivity index (χ1) is 7.84. The fourth-order valence-corrected chi connectivity index (χ4v) is 2.85. The van der Waals surface area contributed by atoms with Gasteiger partial charge in [-0.15, -0.1) is 0 Å². The van der Waals surface area contributed by atoms with Crippen LogP contribution in [-0.2, 0) is 0 Å². The highest BCUT2D eigenvalue weighted by atomic mass is 79.9. The molecule has 2 aromatic rings. The third kappa shape index (κ3) is 1.71. The van der Waals surface area contributed by atoms with Gasteiger partial charge in [0.1, 0.15) is 0 Å². The molecule has 1 aliphatic rings. The van der Waals surface area contributed by atoms with E-state index in [1.165, 1.54) is 52.3 Å². The number of halogens is 1. The van der Waals surface area contributed by atoms with Gasteiger partial charge in [-0.3, -0.25) is 0 Å². The van der Waals surface area contributed by atoms with Crippen LogP contribution in [0.25, 0.3) is 16.5 Å². The van der Waals surface area contributed by atoms with E-state index >= 15 is 0 Å². The summed E-state index contributed by atoms with van der Waals surface area (Å²) >= 11 is 3.59. The SMILES string of the molecule is Brc1cccc2[nH]c(C3=CCCCC3)cc12. The van der Waals surface area contributed by atoms with Crippen LogP contribution >= 0.6 is 15.9 Å². The van der Waals surface area contributed by atoms with E-state index in [2.05, 4.69) is 51.3 Å². The van der Waals surface area contributed by atoms with Gasteiger partial charge in [0.15, 0.2) is 0 Å². The molecule has 0 saturated carbocycles. The first-order valence-electron chi connectivity index (χ1n) is 5.81. The second-order valence-corrected chi connectivity index (χ2v) is 5.21. The Labute approximate surface area is 104 Å². The molecule has 1 N–H and O–H groups in total. The molecule has 0 unspecified atom stereocenters. The smallest absolute Gasteiger partial charge is 0.0470 e. The Morgan fingerprint density at radius 3 is 2.88 bits per heavy atom. The minimum atomic E-state index is 1.17. The average Bonchev–Trinajstić information content (AvgIpc) is 2.76. The standard InChI is InChI=1S/C14H14BrN/c15-12-7-4-8-13-11(12)9-14(16-13)10-5-2-1-3-6-10/h4-5,7-9,16H,1-3,6H2. The van der Waals surface area contributed by atoms with Crippen molar-refractivity contribution in [3.63, 3.8) is 0 Å². The van der Waals surface area contributed by atoms with Crippen LogP contribution in [0.5, 0.6) is 0 Å². The molecule has 3 rings (SSSR count). The largest absolute Gasteiger partial charge is 0.355 e. The Bertz CT molecular complexity index is 551. The van der Waals surface area contributed by atoms with Crippen LogP contribution in [0.15, 0.2) is 34.8 Å². The molecule has 2 heteroatoms. The molecule has 0 saturated heterocycles. The van der Waals surface area contributed by atoms with Crippen LogP contribution in [0.2, 0.25) is 0 Å². The van der Waals surface area contributed by atoms with E-state index < -0.39 is 0 Å². The van der Waals surface area contributed by atoms with Gasteiger partial charge in [0.05, 0.1) is 0 Å². The van der Waals surface area contributed by atoms with Crippen LogP contribution in [0.3, 0.4) is 0 Å². The van der Waals surface area contributed by atoms with Gasteiger partial charge in [0.2, 0.25) is 0 Å². The number of nitrogens with one attached hydrogen (secondary N) is 1. The molecule has 0 spiro atoms. The van der Waals surface area contributed by atoms with E-state index in [1.54, 1.807) is 0 Å². The lowest BCUT2D eigenvalue weighted by Gasteiger charge is -2.10. The zero-order chi connectivity index (χ0) is 11.0. The first kappa shape index (κ1) is 10.2. The van der Waals surface area contributed by atoms with Gasteiger partial charge in [0, 0.05) is 21.1 Å². The normalized spacial score (nSPS) is 16.4. The molecule has 0 atom stereocenters. The van der Waals surface area contributed by atoms with Crippen molar-refractivity contribution in [2.24, 2.45) is 0 Å². The molecule has 0 fully saturated rings. The highest BCUT2D eigenvalue weighted by Crippen LogP contribution is 2.31. The molecule has 1 heterocycles. The average molecular weight is 276 g/mol. The van der Waals surface area contributed by atoms with Crippen molar-refractivity contribution in [2.75, 3.05) is 0 Å². The van der Waals surface area contributed by atoms with Gasteiger partial charge in [-0.25, -0.2) is 0 Å².